The molecule has 0 heterocycles. The van der Waals surface area contributed by atoms with Crippen molar-refractivity contribution in [2.45, 2.75) is 19.3 Å². The first-order valence-electron chi connectivity index (χ1n) is 6.27. The fourth-order valence-electron chi connectivity index (χ4n) is 2.80. The molecule has 90 valence electrons. The van der Waals surface area contributed by atoms with E-state index in [9.17, 15) is 4.79 Å². The molecule has 0 unspecified atom stereocenters. The Balaban J connectivity index is 2.22. The molecule has 18 heavy (non-hydrogen) atoms. The van der Waals surface area contributed by atoms with Gasteiger partial charge in [0.05, 0.1) is 0 Å². The van der Waals surface area contributed by atoms with Gasteiger partial charge in [0.1, 0.15) is 0 Å². The van der Waals surface area contributed by atoms with Crippen LogP contribution in [0.15, 0.2) is 42.5 Å². The van der Waals surface area contributed by atoms with E-state index < -0.39 is 0 Å². The van der Waals surface area contributed by atoms with E-state index in [1.54, 1.807) is 6.07 Å². The number of aryl methyl sites for hydroxylation is 1. The fraction of sp³-hybridized carbons (Fsp3) is 0.188. The Bertz CT molecular complexity index is 616. The van der Waals surface area contributed by atoms with E-state index in [0.29, 0.717) is 5.56 Å². The zero-order valence-corrected chi connectivity index (χ0v) is 10.1. The molecule has 3 rings (SSSR count). The highest BCUT2D eigenvalue weighted by Crippen LogP contribution is 2.33. The van der Waals surface area contributed by atoms with Crippen LogP contribution in [-0.2, 0) is 12.8 Å². The Hall–Kier alpha value is -2.09. The number of nitrogens with two attached hydrogens (primary N) is 1. The summed E-state index contributed by atoms with van der Waals surface area (Å²) in [4.78, 5) is 11.5. The number of carbonyl (C=O) groups excluding carboxylic acids is 1. The van der Waals surface area contributed by atoms with Gasteiger partial charge in [-0.05, 0) is 47.6 Å². The van der Waals surface area contributed by atoms with Crippen LogP contribution < -0.4 is 5.73 Å². The Morgan fingerprint density at radius 2 is 1.72 bits per heavy atom. The number of primary amides is 1. The molecule has 0 bridgehead atoms. The standard InChI is InChI=1S/C16H15NO/c17-16(18)15-8-2-1-7-14(15)13-10-4-6-11-5-3-9-12(11)13/h1-2,4,6-8,10H,3,5,9H2,(H2,17,18). The first-order valence-corrected chi connectivity index (χ1v) is 6.27. The molecule has 0 fully saturated rings. The quantitative estimate of drug-likeness (QED) is 0.857. The smallest absolute Gasteiger partial charge is 0.249 e. The van der Waals surface area contributed by atoms with Gasteiger partial charge in [-0.15, -0.1) is 0 Å². The van der Waals surface area contributed by atoms with E-state index in [0.717, 1.165) is 18.4 Å². The van der Waals surface area contributed by atoms with Crippen LogP contribution in [0.2, 0.25) is 0 Å². The summed E-state index contributed by atoms with van der Waals surface area (Å²) in [5.74, 6) is -0.360. The molecule has 2 heteroatoms. The Kier molecular flexibility index (Phi) is 2.63. The van der Waals surface area contributed by atoms with Crippen LogP contribution in [0.3, 0.4) is 0 Å². The van der Waals surface area contributed by atoms with Crippen LogP contribution in [0.25, 0.3) is 11.1 Å². The number of benzene rings is 2. The van der Waals surface area contributed by atoms with Crippen LogP contribution in [0.4, 0.5) is 0 Å². The van der Waals surface area contributed by atoms with Crippen LogP contribution in [0, 0.1) is 0 Å². The molecule has 0 spiro atoms. The van der Waals surface area contributed by atoms with Gasteiger partial charge in [0.25, 0.3) is 0 Å². The zero-order valence-electron chi connectivity index (χ0n) is 10.1. The summed E-state index contributed by atoms with van der Waals surface area (Å²) >= 11 is 0. The van der Waals surface area contributed by atoms with Crippen LogP contribution in [0.1, 0.15) is 27.9 Å². The van der Waals surface area contributed by atoms with Crippen molar-refractivity contribution in [2.24, 2.45) is 5.73 Å². The summed E-state index contributed by atoms with van der Waals surface area (Å²) in [7, 11) is 0. The minimum atomic E-state index is -0.360. The summed E-state index contributed by atoms with van der Waals surface area (Å²) in [6.45, 7) is 0. The van der Waals surface area contributed by atoms with Gasteiger partial charge in [-0.25, -0.2) is 0 Å². The van der Waals surface area contributed by atoms with Crippen molar-refractivity contribution in [1.82, 2.24) is 0 Å². The summed E-state index contributed by atoms with van der Waals surface area (Å²) in [6.07, 6.45) is 3.44. The molecule has 2 N–H and O–H groups in total. The first kappa shape index (κ1) is 11.0. The Morgan fingerprint density at radius 3 is 2.56 bits per heavy atom. The highest BCUT2D eigenvalue weighted by Gasteiger charge is 2.18. The van der Waals surface area contributed by atoms with Gasteiger partial charge in [-0.1, -0.05) is 36.4 Å². The van der Waals surface area contributed by atoms with E-state index >= 15 is 0 Å². The van der Waals surface area contributed by atoms with Gasteiger partial charge in [0.15, 0.2) is 0 Å². The lowest BCUT2D eigenvalue weighted by Crippen LogP contribution is -2.12. The minimum absolute atomic E-state index is 0.360. The number of fused-ring (bicyclic) bond motifs is 1. The van der Waals surface area contributed by atoms with E-state index in [1.807, 2.05) is 18.2 Å². The normalized spacial score (nSPS) is 13.3. The lowest BCUT2D eigenvalue weighted by molar-refractivity contribution is 0.100. The molecule has 1 amide bonds. The van der Waals surface area contributed by atoms with E-state index in [2.05, 4.69) is 18.2 Å². The molecule has 1 aliphatic carbocycles. The number of carbonyl (C=O) groups is 1. The number of hydrogen-bond acceptors (Lipinski definition) is 1. The minimum Gasteiger partial charge on any atom is -0.366 e. The van der Waals surface area contributed by atoms with Crippen molar-refractivity contribution >= 4 is 5.91 Å². The first-order chi connectivity index (χ1) is 8.77. The Morgan fingerprint density at radius 1 is 0.944 bits per heavy atom. The summed E-state index contributed by atoms with van der Waals surface area (Å²) in [6, 6.07) is 13.9. The van der Waals surface area contributed by atoms with E-state index in [4.69, 9.17) is 5.73 Å². The summed E-state index contributed by atoms with van der Waals surface area (Å²) in [5, 5.41) is 0. The number of amides is 1. The largest absolute Gasteiger partial charge is 0.366 e. The average molecular weight is 237 g/mol. The van der Waals surface area contributed by atoms with Gasteiger partial charge < -0.3 is 5.73 Å². The molecule has 0 radical (unpaired) electrons. The third kappa shape index (κ3) is 1.70. The molecule has 0 saturated heterocycles. The van der Waals surface area contributed by atoms with Gasteiger partial charge in [-0.3, -0.25) is 4.79 Å². The predicted molar refractivity (Wildman–Crippen MR) is 72.4 cm³/mol. The Labute approximate surface area is 106 Å². The van der Waals surface area contributed by atoms with Crippen molar-refractivity contribution in [3.05, 3.63) is 59.2 Å². The molecule has 0 atom stereocenters. The molecule has 2 nitrogen and oxygen atoms in total. The van der Waals surface area contributed by atoms with Gasteiger partial charge in [-0.2, -0.15) is 0 Å². The molecule has 2 aromatic rings. The maximum atomic E-state index is 11.5. The second-order valence-electron chi connectivity index (χ2n) is 4.71. The van der Waals surface area contributed by atoms with Gasteiger partial charge in [0.2, 0.25) is 5.91 Å². The molecular weight excluding hydrogens is 222 g/mol. The zero-order chi connectivity index (χ0) is 12.5. The predicted octanol–water partition coefficient (Wildman–Crippen LogP) is 2.94. The highest BCUT2D eigenvalue weighted by molar-refractivity contribution is 6.00. The molecular formula is C16H15NO. The topological polar surface area (TPSA) is 43.1 Å². The van der Waals surface area contributed by atoms with Gasteiger partial charge >= 0.3 is 0 Å². The lowest BCUT2D eigenvalue weighted by Gasteiger charge is -2.11. The molecule has 0 saturated carbocycles. The van der Waals surface area contributed by atoms with Crippen molar-refractivity contribution < 1.29 is 4.79 Å². The number of hydrogen-bond donors (Lipinski definition) is 1. The SMILES string of the molecule is NC(=O)c1ccccc1-c1cccc2c1CCC2. The monoisotopic (exact) mass is 237 g/mol. The highest BCUT2D eigenvalue weighted by atomic mass is 16.1. The summed E-state index contributed by atoms with van der Waals surface area (Å²) in [5.41, 5.74) is 11.0. The molecule has 0 aromatic heterocycles. The lowest BCUT2D eigenvalue weighted by atomic mass is 9.93. The number of rotatable bonds is 2. The van der Waals surface area contributed by atoms with Crippen LogP contribution in [-0.4, -0.2) is 5.91 Å². The average Bonchev–Trinajstić information content (AvgIpc) is 2.86. The second-order valence-corrected chi connectivity index (χ2v) is 4.71. The van der Waals surface area contributed by atoms with Gasteiger partial charge in [0, 0.05) is 5.56 Å². The molecule has 0 aliphatic heterocycles. The maximum absolute atomic E-state index is 11.5. The van der Waals surface area contributed by atoms with Crippen LogP contribution in [0.5, 0.6) is 0 Å². The third-order valence-corrected chi connectivity index (χ3v) is 3.63. The van der Waals surface area contributed by atoms with E-state index in [1.165, 1.54) is 23.1 Å². The second kappa shape index (κ2) is 4.30. The van der Waals surface area contributed by atoms with Crippen molar-refractivity contribution in [1.29, 1.82) is 0 Å². The molecule has 1 aliphatic rings. The third-order valence-electron chi connectivity index (χ3n) is 3.63. The fourth-order valence-corrected chi connectivity index (χ4v) is 2.80. The molecule has 2 aromatic carbocycles. The van der Waals surface area contributed by atoms with Crippen molar-refractivity contribution in [3.63, 3.8) is 0 Å². The van der Waals surface area contributed by atoms with E-state index in [-0.39, 0.29) is 5.91 Å². The summed E-state index contributed by atoms with van der Waals surface area (Å²) < 4.78 is 0. The maximum Gasteiger partial charge on any atom is 0.249 e. The van der Waals surface area contributed by atoms with Crippen LogP contribution >= 0.6 is 0 Å². The van der Waals surface area contributed by atoms with Crippen molar-refractivity contribution in [3.8, 4) is 11.1 Å². The van der Waals surface area contributed by atoms with Crippen molar-refractivity contribution in [2.75, 3.05) is 0 Å².